The molecule has 1 atom stereocenters. The molecule has 1 aliphatic rings. The van der Waals surface area contributed by atoms with Crippen LogP contribution in [0.4, 0.5) is 24.7 Å². The minimum absolute atomic E-state index is 0.142. The van der Waals surface area contributed by atoms with Crippen LogP contribution in [0.3, 0.4) is 0 Å². The second kappa shape index (κ2) is 9.67. The second-order valence-corrected chi connectivity index (χ2v) is 8.45. The molecule has 1 amide bonds. The fourth-order valence-electron chi connectivity index (χ4n) is 3.99. The van der Waals surface area contributed by atoms with E-state index >= 15 is 0 Å². The first-order valence-corrected chi connectivity index (χ1v) is 11.1. The number of pyridine rings is 1. The van der Waals surface area contributed by atoms with E-state index in [1.807, 2.05) is 6.92 Å². The maximum Gasteiger partial charge on any atom is 0.417 e. The molecule has 0 bridgehead atoms. The van der Waals surface area contributed by atoms with Gasteiger partial charge in [0.1, 0.15) is 11.5 Å². The Hall–Kier alpha value is -3.44. The van der Waals surface area contributed by atoms with Crippen molar-refractivity contribution in [3.8, 4) is 0 Å². The minimum atomic E-state index is -4.61. The van der Waals surface area contributed by atoms with Crippen molar-refractivity contribution in [2.75, 3.05) is 29.9 Å². The van der Waals surface area contributed by atoms with Gasteiger partial charge in [0.15, 0.2) is 5.78 Å². The number of hydrogen-bond acceptors (Lipinski definition) is 6. The summed E-state index contributed by atoms with van der Waals surface area (Å²) in [7, 11) is 0. The Kier molecular flexibility index (Phi) is 6.82. The average Bonchev–Trinajstić information content (AvgIpc) is 3.23. The summed E-state index contributed by atoms with van der Waals surface area (Å²) in [5, 5.41) is 15.7. The van der Waals surface area contributed by atoms with Crippen molar-refractivity contribution in [2.45, 2.75) is 25.6 Å². The van der Waals surface area contributed by atoms with Crippen molar-refractivity contribution in [3.05, 3.63) is 70.1 Å². The van der Waals surface area contributed by atoms with E-state index in [0.29, 0.717) is 16.9 Å². The predicted molar refractivity (Wildman–Crippen MR) is 123 cm³/mol. The average molecular weight is 508 g/mol. The molecule has 2 aromatic heterocycles. The number of anilines is 2. The molecular formula is C23H21ClF3N5O3. The molecule has 0 fully saturated rings. The molecule has 0 spiro atoms. The SMILES string of the molecule is C[C@H]1CN(c2ccc(C(F)(F)F)c(Cl)c2)C(=O)c2c(CC(=O)c3cccnc3NCCO)cnn21. The van der Waals surface area contributed by atoms with Crippen LogP contribution >= 0.6 is 11.6 Å². The smallest absolute Gasteiger partial charge is 0.395 e. The van der Waals surface area contributed by atoms with Crippen LogP contribution in [0.2, 0.25) is 5.02 Å². The van der Waals surface area contributed by atoms with Crippen molar-refractivity contribution in [1.29, 1.82) is 0 Å². The zero-order chi connectivity index (χ0) is 25.3. The molecular weight excluding hydrogens is 487 g/mol. The number of aliphatic hydroxyl groups is 1. The topological polar surface area (TPSA) is 100 Å². The van der Waals surface area contributed by atoms with Crippen molar-refractivity contribution in [1.82, 2.24) is 14.8 Å². The van der Waals surface area contributed by atoms with Crippen LogP contribution in [0.15, 0.2) is 42.7 Å². The number of aromatic nitrogens is 3. The van der Waals surface area contributed by atoms with Crippen LogP contribution in [-0.4, -0.2) is 51.3 Å². The normalized spacial score (nSPS) is 15.8. The summed E-state index contributed by atoms with van der Waals surface area (Å²) < 4.78 is 40.8. The Morgan fingerprint density at radius 1 is 1.31 bits per heavy atom. The van der Waals surface area contributed by atoms with Gasteiger partial charge in [-0.2, -0.15) is 18.3 Å². The number of fused-ring (bicyclic) bond motifs is 1. The Bertz CT molecular complexity index is 1280. The number of Topliss-reactive ketones (excluding diaryl/α,β-unsaturated/α-hetero) is 1. The molecule has 3 heterocycles. The molecule has 0 aliphatic carbocycles. The van der Waals surface area contributed by atoms with Gasteiger partial charge < -0.3 is 15.3 Å². The lowest BCUT2D eigenvalue weighted by molar-refractivity contribution is -0.137. The van der Waals surface area contributed by atoms with Gasteiger partial charge in [-0.3, -0.25) is 14.3 Å². The number of ketones is 1. The molecule has 4 rings (SSSR count). The minimum Gasteiger partial charge on any atom is -0.395 e. The summed E-state index contributed by atoms with van der Waals surface area (Å²) in [4.78, 5) is 31.9. The highest BCUT2D eigenvalue weighted by Gasteiger charge is 2.36. The number of aliphatic hydroxyl groups excluding tert-OH is 1. The molecule has 0 unspecified atom stereocenters. The van der Waals surface area contributed by atoms with Crippen LogP contribution in [0.5, 0.6) is 0 Å². The van der Waals surface area contributed by atoms with Crippen LogP contribution in [-0.2, 0) is 12.6 Å². The number of hydrogen-bond donors (Lipinski definition) is 2. The fourth-order valence-corrected chi connectivity index (χ4v) is 4.27. The first kappa shape index (κ1) is 24.7. The monoisotopic (exact) mass is 507 g/mol. The summed E-state index contributed by atoms with van der Waals surface area (Å²) in [6.45, 7) is 2.05. The largest absolute Gasteiger partial charge is 0.417 e. The zero-order valence-corrected chi connectivity index (χ0v) is 19.3. The lowest BCUT2D eigenvalue weighted by Crippen LogP contribution is -2.43. The van der Waals surface area contributed by atoms with E-state index < -0.39 is 22.7 Å². The summed E-state index contributed by atoms with van der Waals surface area (Å²) in [6, 6.07) is 6.05. The third-order valence-electron chi connectivity index (χ3n) is 5.62. The van der Waals surface area contributed by atoms with Crippen molar-refractivity contribution in [2.24, 2.45) is 0 Å². The van der Waals surface area contributed by atoms with E-state index in [-0.39, 0.29) is 49.3 Å². The Morgan fingerprint density at radius 3 is 2.77 bits per heavy atom. The van der Waals surface area contributed by atoms with Gasteiger partial charge >= 0.3 is 6.18 Å². The van der Waals surface area contributed by atoms with E-state index in [4.69, 9.17) is 16.7 Å². The molecule has 1 aliphatic heterocycles. The fraction of sp³-hybridized carbons (Fsp3) is 0.304. The number of halogens is 4. The number of benzene rings is 1. The van der Waals surface area contributed by atoms with Crippen molar-refractivity contribution in [3.63, 3.8) is 0 Å². The summed E-state index contributed by atoms with van der Waals surface area (Å²) >= 11 is 5.87. The summed E-state index contributed by atoms with van der Waals surface area (Å²) in [5.74, 6) is -0.498. The highest BCUT2D eigenvalue weighted by Crippen LogP contribution is 2.38. The number of alkyl halides is 3. The quantitative estimate of drug-likeness (QED) is 0.469. The lowest BCUT2D eigenvalue weighted by Gasteiger charge is -2.32. The number of carbonyl (C=O) groups excluding carboxylic acids is 2. The standard InChI is InChI=1S/C23H21ClF3N5O3/c1-13-12-31(15-4-5-17(18(24)10-15)23(25,26)27)22(35)20-14(11-30-32(13)20)9-19(34)16-3-2-6-28-21(16)29-7-8-33/h2-6,10-11,13,33H,7-9,12H2,1H3,(H,28,29)/t13-/m0/s1. The first-order chi connectivity index (χ1) is 16.6. The molecule has 2 N–H and O–H groups in total. The number of nitrogens with zero attached hydrogens (tertiary/aromatic N) is 4. The summed E-state index contributed by atoms with van der Waals surface area (Å²) in [5.41, 5.74) is 0.0862. The molecule has 35 heavy (non-hydrogen) atoms. The molecule has 0 saturated heterocycles. The van der Waals surface area contributed by atoms with Crippen LogP contribution in [0, 0.1) is 0 Å². The number of nitrogens with one attached hydrogen (secondary N) is 1. The number of amides is 1. The molecule has 0 radical (unpaired) electrons. The Balaban J connectivity index is 1.64. The number of rotatable bonds is 7. The van der Waals surface area contributed by atoms with E-state index in [2.05, 4.69) is 15.4 Å². The van der Waals surface area contributed by atoms with Crippen molar-refractivity contribution >= 4 is 34.8 Å². The van der Waals surface area contributed by atoms with E-state index in [1.165, 1.54) is 28.0 Å². The zero-order valence-electron chi connectivity index (χ0n) is 18.5. The first-order valence-electron chi connectivity index (χ1n) is 10.7. The molecule has 0 saturated carbocycles. The highest BCUT2D eigenvalue weighted by molar-refractivity contribution is 6.31. The van der Waals surface area contributed by atoms with Gasteiger partial charge in [0.2, 0.25) is 0 Å². The van der Waals surface area contributed by atoms with Gasteiger partial charge in [0.05, 0.1) is 35.0 Å². The van der Waals surface area contributed by atoms with Gasteiger partial charge in [-0.1, -0.05) is 11.6 Å². The lowest BCUT2D eigenvalue weighted by atomic mass is 10.0. The van der Waals surface area contributed by atoms with Gasteiger partial charge in [0.25, 0.3) is 5.91 Å². The van der Waals surface area contributed by atoms with Gasteiger partial charge in [-0.05, 0) is 37.3 Å². The Morgan fingerprint density at radius 2 is 2.09 bits per heavy atom. The van der Waals surface area contributed by atoms with E-state index in [0.717, 1.165) is 12.1 Å². The van der Waals surface area contributed by atoms with Gasteiger partial charge in [-0.25, -0.2) is 4.98 Å². The van der Waals surface area contributed by atoms with E-state index in [9.17, 15) is 22.8 Å². The molecule has 12 heteroatoms. The van der Waals surface area contributed by atoms with Crippen molar-refractivity contribution < 1.29 is 27.9 Å². The molecule has 1 aromatic carbocycles. The predicted octanol–water partition coefficient (Wildman–Crippen LogP) is 4.00. The summed E-state index contributed by atoms with van der Waals surface area (Å²) in [6.07, 6.45) is -1.80. The third-order valence-corrected chi connectivity index (χ3v) is 5.93. The molecule has 3 aromatic rings. The maximum absolute atomic E-state index is 13.4. The van der Waals surface area contributed by atoms with Crippen LogP contribution < -0.4 is 10.2 Å². The van der Waals surface area contributed by atoms with Crippen LogP contribution in [0.25, 0.3) is 0 Å². The second-order valence-electron chi connectivity index (χ2n) is 8.04. The maximum atomic E-state index is 13.4. The Labute approximate surface area is 203 Å². The van der Waals surface area contributed by atoms with E-state index in [1.54, 1.807) is 12.1 Å². The van der Waals surface area contributed by atoms with Gasteiger partial charge in [-0.15, -0.1) is 0 Å². The van der Waals surface area contributed by atoms with Gasteiger partial charge in [0, 0.05) is 37.0 Å². The molecule has 8 nitrogen and oxygen atoms in total. The van der Waals surface area contributed by atoms with Crippen LogP contribution in [0.1, 0.15) is 44.9 Å². The number of carbonyl (C=O) groups is 2. The molecule has 184 valence electrons. The third kappa shape index (κ3) is 4.87. The highest BCUT2D eigenvalue weighted by atomic mass is 35.5.